The van der Waals surface area contributed by atoms with Crippen LogP contribution in [0, 0.1) is 0 Å². The van der Waals surface area contributed by atoms with E-state index in [1.165, 1.54) is 5.56 Å². The average molecular weight is 233 g/mol. The van der Waals surface area contributed by atoms with Crippen LogP contribution in [0.15, 0.2) is 18.3 Å². The van der Waals surface area contributed by atoms with E-state index in [-0.39, 0.29) is 23.9 Å². The highest BCUT2D eigenvalue weighted by Gasteiger charge is 2.30. The molecule has 0 amide bonds. The van der Waals surface area contributed by atoms with Gasteiger partial charge in [0, 0.05) is 6.20 Å². The maximum absolute atomic E-state index is 12.1. The van der Waals surface area contributed by atoms with Crippen molar-refractivity contribution >= 4 is 5.78 Å². The Morgan fingerprint density at radius 2 is 2.29 bits per heavy atom. The van der Waals surface area contributed by atoms with Gasteiger partial charge in [0.05, 0.1) is 17.2 Å². The number of carbonyl (C=O) groups excluding carboxylic acids is 1. The lowest BCUT2D eigenvalue weighted by Crippen LogP contribution is -2.26. The second-order valence-electron chi connectivity index (χ2n) is 5.51. The van der Waals surface area contributed by atoms with Crippen molar-refractivity contribution < 1.29 is 9.53 Å². The van der Waals surface area contributed by atoms with Gasteiger partial charge in [0.1, 0.15) is 6.61 Å². The van der Waals surface area contributed by atoms with Gasteiger partial charge in [-0.25, -0.2) is 0 Å². The summed E-state index contributed by atoms with van der Waals surface area (Å²) >= 11 is 0. The van der Waals surface area contributed by atoms with Crippen LogP contribution in [0.2, 0.25) is 0 Å². The minimum absolute atomic E-state index is 0.0615. The molecule has 0 saturated carbocycles. The first-order chi connectivity index (χ1) is 7.97. The first-order valence-electron chi connectivity index (χ1n) is 6.08. The van der Waals surface area contributed by atoms with Crippen molar-refractivity contribution in [2.45, 2.75) is 45.1 Å². The smallest absolute Gasteiger partial charge is 0.167 e. The zero-order valence-corrected chi connectivity index (χ0v) is 10.7. The molecule has 0 saturated heterocycles. The highest BCUT2D eigenvalue weighted by atomic mass is 16.5. The zero-order valence-electron chi connectivity index (χ0n) is 10.7. The summed E-state index contributed by atoms with van der Waals surface area (Å²) in [5.41, 5.74) is 1.90. The fraction of sp³-hybridized carbons (Fsp3) is 0.571. The summed E-state index contributed by atoms with van der Waals surface area (Å²) in [5.74, 6) is 0.0888. The van der Waals surface area contributed by atoms with Gasteiger partial charge in [-0.15, -0.1) is 0 Å². The first kappa shape index (κ1) is 12.2. The van der Waals surface area contributed by atoms with E-state index < -0.39 is 0 Å². The van der Waals surface area contributed by atoms with E-state index in [9.17, 15) is 4.79 Å². The van der Waals surface area contributed by atoms with E-state index in [2.05, 4.69) is 11.1 Å². The van der Waals surface area contributed by atoms with Crippen molar-refractivity contribution in [1.82, 2.24) is 4.98 Å². The molecule has 1 heterocycles. The molecule has 1 aromatic heterocycles. The Kier molecular flexibility index (Phi) is 3.29. The molecule has 1 unspecified atom stereocenters. The van der Waals surface area contributed by atoms with Crippen molar-refractivity contribution in [2.24, 2.45) is 0 Å². The lowest BCUT2D eigenvalue weighted by Gasteiger charge is -2.20. The molecule has 0 radical (unpaired) electrons. The fourth-order valence-corrected chi connectivity index (χ4v) is 2.11. The maximum atomic E-state index is 12.1. The molecule has 0 fully saturated rings. The molecule has 92 valence electrons. The summed E-state index contributed by atoms with van der Waals surface area (Å²) in [6.45, 7) is 6.06. The zero-order chi connectivity index (χ0) is 12.5. The fourth-order valence-electron chi connectivity index (χ4n) is 2.11. The van der Waals surface area contributed by atoms with Crippen molar-refractivity contribution in [2.75, 3.05) is 6.61 Å². The number of hydrogen-bond donors (Lipinski definition) is 0. The highest BCUT2D eigenvalue weighted by Crippen LogP contribution is 2.31. The molecule has 0 aromatic carbocycles. The molecule has 1 atom stereocenters. The molecule has 0 aliphatic heterocycles. The van der Waals surface area contributed by atoms with Crippen LogP contribution in [0.4, 0.5) is 0 Å². The average Bonchev–Trinajstić information content (AvgIpc) is 2.68. The van der Waals surface area contributed by atoms with Crippen LogP contribution in [0.25, 0.3) is 0 Å². The summed E-state index contributed by atoms with van der Waals surface area (Å²) in [6, 6.07) is 3.98. The van der Waals surface area contributed by atoms with Gasteiger partial charge in [-0.05, 0) is 45.2 Å². The third-order valence-corrected chi connectivity index (χ3v) is 2.99. The highest BCUT2D eigenvalue weighted by molar-refractivity contribution is 5.87. The van der Waals surface area contributed by atoms with Crippen LogP contribution < -0.4 is 0 Å². The van der Waals surface area contributed by atoms with Gasteiger partial charge in [0.15, 0.2) is 5.78 Å². The number of Topliss-reactive ketones (excluding diaryl/α,β-unsaturated/α-hetero) is 1. The van der Waals surface area contributed by atoms with Gasteiger partial charge < -0.3 is 4.74 Å². The lowest BCUT2D eigenvalue weighted by molar-refractivity contribution is -0.129. The van der Waals surface area contributed by atoms with E-state index in [1.54, 1.807) is 6.20 Å². The molecule has 3 nitrogen and oxygen atoms in total. The van der Waals surface area contributed by atoms with Gasteiger partial charge in [-0.1, -0.05) is 6.07 Å². The monoisotopic (exact) mass is 233 g/mol. The second-order valence-corrected chi connectivity index (χ2v) is 5.51. The summed E-state index contributed by atoms with van der Waals surface area (Å²) < 4.78 is 5.54. The Morgan fingerprint density at radius 3 is 3.00 bits per heavy atom. The predicted octanol–water partition coefficient (Wildman–Crippen LogP) is 2.50. The first-order valence-corrected chi connectivity index (χ1v) is 6.08. The van der Waals surface area contributed by atoms with Crippen molar-refractivity contribution in [1.29, 1.82) is 0 Å². The number of nitrogens with zero attached hydrogens (tertiary/aromatic N) is 1. The Morgan fingerprint density at radius 1 is 1.53 bits per heavy atom. The number of ether oxygens (including phenoxy) is 1. The summed E-state index contributed by atoms with van der Waals surface area (Å²) in [6.07, 6.45) is 3.59. The van der Waals surface area contributed by atoms with Gasteiger partial charge in [-0.3, -0.25) is 9.78 Å². The molecular weight excluding hydrogens is 214 g/mol. The SMILES string of the molecule is CC(C)(C)OCC(=O)C1CCc2cccnc21. The molecule has 1 aromatic rings. The number of aryl methyl sites for hydroxylation is 1. The van der Waals surface area contributed by atoms with Crippen molar-refractivity contribution in [3.8, 4) is 0 Å². The largest absolute Gasteiger partial charge is 0.368 e. The number of aromatic nitrogens is 1. The van der Waals surface area contributed by atoms with Crippen LogP contribution in [0.1, 0.15) is 44.4 Å². The van der Waals surface area contributed by atoms with Gasteiger partial charge >= 0.3 is 0 Å². The molecule has 0 spiro atoms. The molecule has 1 aliphatic carbocycles. The third-order valence-electron chi connectivity index (χ3n) is 2.99. The van der Waals surface area contributed by atoms with E-state index in [0.29, 0.717) is 0 Å². The van der Waals surface area contributed by atoms with Crippen LogP contribution in [0.5, 0.6) is 0 Å². The van der Waals surface area contributed by atoms with E-state index in [0.717, 1.165) is 18.5 Å². The second kappa shape index (κ2) is 4.57. The number of fused-ring (bicyclic) bond motifs is 1. The molecule has 1 aliphatic rings. The number of ketones is 1. The van der Waals surface area contributed by atoms with Crippen molar-refractivity contribution in [3.05, 3.63) is 29.6 Å². The molecule has 0 bridgehead atoms. The van der Waals surface area contributed by atoms with Gasteiger partial charge in [0.2, 0.25) is 0 Å². The number of pyridine rings is 1. The van der Waals surface area contributed by atoms with Crippen LogP contribution in [-0.4, -0.2) is 23.0 Å². The van der Waals surface area contributed by atoms with Crippen LogP contribution in [-0.2, 0) is 16.0 Å². The van der Waals surface area contributed by atoms with Gasteiger partial charge in [-0.2, -0.15) is 0 Å². The Hall–Kier alpha value is -1.22. The number of carbonyl (C=O) groups is 1. The summed E-state index contributed by atoms with van der Waals surface area (Å²) in [5, 5.41) is 0. The molecule has 3 heteroatoms. The Balaban J connectivity index is 2.03. The Labute approximate surface area is 102 Å². The van der Waals surface area contributed by atoms with Crippen LogP contribution >= 0.6 is 0 Å². The van der Waals surface area contributed by atoms with E-state index in [1.807, 2.05) is 26.8 Å². The summed E-state index contributed by atoms with van der Waals surface area (Å²) in [4.78, 5) is 16.4. The number of rotatable bonds is 3. The molecular formula is C14H19NO2. The molecule has 17 heavy (non-hydrogen) atoms. The predicted molar refractivity (Wildman–Crippen MR) is 66.0 cm³/mol. The third kappa shape index (κ3) is 2.91. The normalized spacial score (nSPS) is 19.1. The van der Waals surface area contributed by atoms with Gasteiger partial charge in [0.25, 0.3) is 0 Å². The quantitative estimate of drug-likeness (QED) is 0.805. The topological polar surface area (TPSA) is 39.2 Å². The van der Waals surface area contributed by atoms with E-state index >= 15 is 0 Å². The maximum Gasteiger partial charge on any atom is 0.167 e. The standard InChI is InChI=1S/C14H19NO2/c1-14(2,3)17-9-12(16)11-7-6-10-5-4-8-15-13(10)11/h4-5,8,11H,6-7,9H2,1-3H3. The molecule has 2 rings (SSSR count). The minimum atomic E-state index is -0.263. The number of hydrogen-bond acceptors (Lipinski definition) is 3. The molecule has 0 N–H and O–H groups in total. The minimum Gasteiger partial charge on any atom is -0.368 e. The van der Waals surface area contributed by atoms with Crippen molar-refractivity contribution in [3.63, 3.8) is 0 Å². The lowest BCUT2D eigenvalue weighted by atomic mass is 10.0. The van der Waals surface area contributed by atoms with E-state index in [4.69, 9.17) is 4.74 Å². The Bertz CT molecular complexity index is 420. The van der Waals surface area contributed by atoms with Crippen LogP contribution in [0.3, 0.4) is 0 Å². The summed E-state index contributed by atoms with van der Waals surface area (Å²) in [7, 11) is 0.